The van der Waals surface area contributed by atoms with Crippen LogP contribution in [0.4, 0.5) is 11.4 Å². The maximum atomic E-state index is 12.3. The number of rotatable bonds is 6. The third-order valence-electron chi connectivity index (χ3n) is 3.44. The maximum absolute atomic E-state index is 12.3. The Labute approximate surface area is 139 Å². The Morgan fingerprint density at radius 3 is 2.71 bits per heavy atom. The first-order chi connectivity index (χ1) is 11.3. The number of carbonyl (C=O) groups is 3. The van der Waals surface area contributed by atoms with Crippen LogP contribution in [-0.2, 0) is 14.4 Å². The number of fused-ring (bicyclic) bond motifs is 1. The number of ether oxygens (including phenoxy) is 1. The van der Waals surface area contributed by atoms with Crippen molar-refractivity contribution in [2.75, 3.05) is 16.8 Å². The lowest BCUT2D eigenvalue weighted by Gasteiger charge is -2.33. The van der Waals surface area contributed by atoms with Gasteiger partial charge in [0.2, 0.25) is 5.91 Å². The van der Waals surface area contributed by atoms with Crippen molar-refractivity contribution in [1.82, 2.24) is 0 Å². The van der Waals surface area contributed by atoms with Crippen LogP contribution in [0.3, 0.4) is 0 Å². The highest BCUT2D eigenvalue weighted by Crippen LogP contribution is 2.36. The molecule has 0 fully saturated rings. The van der Waals surface area contributed by atoms with E-state index in [4.69, 9.17) is 9.84 Å². The van der Waals surface area contributed by atoms with Gasteiger partial charge >= 0.3 is 5.97 Å². The predicted octanol–water partition coefficient (Wildman–Crippen LogP) is 2.18. The summed E-state index contributed by atoms with van der Waals surface area (Å²) in [5.41, 5.74) is 1.85. The third-order valence-corrected chi connectivity index (χ3v) is 3.44. The molecule has 1 aromatic carbocycles. The monoisotopic (exact) mass is 332 g/mol. The molecular formula is C17H20N2O5. The Hall–Kier alpha value is -2.83. The molecule has 0 saturated heterocycles. The second kappa shape index (κ2) is 7.16. The molecule has 0 bridgehead atoms. The highest BCUT2D eigenvalue weighted by atomic mass is 16.5. The molecule has 7 heteroatoms. The number of hydrogen-bond acceptors (Lipinski definition) is 4. The lowest BCUT2D eigenvalue weighted by atomic mass is 10.1. The van der Waals surface area contributed by atoms with Gasteiger partial charge in [-0.15, -0.1) is 0 Å². The maximum Gasteiger partial charge on any atom is 0.303 e. The Kier molecular flexibility index (Phi) is 5.23. The van der Waals surface area contributed by atoms with Gasteiger partial charge in [0.05, 0.1) is 12.1 Å². The molecule has 24 heavy (non-hydrogen) atoms. The van der Waals surface area contributed by atoms with Crippen LogP contribution in [0.2, 0.25) is 0 Å². The van der Waals surface area contributed by atoms with Gasteiger partial charge in [-0.25, -0.2) is 0 Å². The normalized spacial score (nSPS) is 16.2. The molecule has 2 amide bonds. The summed E-state index contributed by atoms with van der Waals surface area (Å²) >= 11 is 0. The van der Waals surface area contributed by atoms with Gasteiger partial charge in [-0.1, -0.05) is 12.2 Å². The van der Waals surface area contributed by atoms with Crippen LogP contribution in [0.25, 0.3) is 0 Å². The van der Waals surface area contributed by atoms with E-state index in [2.05, 4.69) is 11.9 Å². The van der Waals surface area contributed by atoms with E-state index in [1.54, 1.807) is 30.0 Å². The number of carboxylic acids is 1. The number of carboxylic acid groups (broad SMARTS) is 1. The van der Waals surface area contributed by atoms with Crippen molar-refractivity contribution in [2.45, 2.75) is 32.8 Å². The first-order valence-electron chi connectivity index (χ1n) is 7.56. The van der Waals surface area contributed by atoms with Gasteiger partial charge in [0, 0.05) is 18.7 Å². The zero-order chi connectivity index (χ0) is 17.9. The van der Waals surface area contributed by atoms with E-state index in [-0.39, 0.29) is 18.7 Å². The van der Waals surface area contributed by atoms with E-state index >= 15 is 0 Å². The van der Waals surface area contributed by atoms with E-state index in [9.17, 15) is 14.4 Å². The van der Waals surface area contributed by atoms with Crippen LogP contribution in [0.1, 0.15) is 26.7 Å². The molecule has 2 N–H and O–H groups in total. The van der Waals surface area contributed by atoms with Crippen molar-refractivity contribution in [2.24, 2.45) is 0 Å². The Morgan fingerprint density at radius 2 is 2.08 bits per heavy atom. The zero-order valence-corrected chi connectivity index (χ0v) is 13.7. The summed E-state index contributed by atoms with van der Waals surface area (Å²) in [5, 5.41) is 11.2. The van der Waals surface area contributed by atoms with E-state index in [1.165, 1.54) is 0 Å². The molecule has 1 heterocycles. The van der Waals surface area contributed by atoms with Crippen LogP contribution in [0, 0.1) is 0 Å². The number of carbonyl (C=O) groups excluding carboxylic acids is 2. The first-order valence-corrected chi connectivity index (χ1v) is 7.56. The average Bonchev–Trinajstić information content (AvgIpc) is 2.50. The largest absolute Gasteiger partial charge is 0.481 e. The molecule has 1 aliphatic heterocycles. The van der Waals surface area contributed by atoms with Crippen molar-refractivity contribution in [1.29, 1.82) is 0 Å². The van der Waals surface area contributed by atoms with Crippen molar-refractivity contribution < 1.29 is 24.2 Å². The molecule has 0 spiro atoms. The third kappa shape index (κ3) is 4.13. The van der Waals surface area contributed by atoms with Gasteiger partial charge in [-0.05, 0) is 32.0 Å². The SMILES string of the molecule is C=C(C)CN1C(=O)C(C)Oc2ccc(NC(=O)CCC(=O)O)cc21. The van der Waals surface area contributed by atoms with Gasteiger partial charge in [0.25, 0.3) is 5.91 Å². The molecule has 1 aliphatic rings. The Bertz CT molecular complexity index is 698. The Morgan fingerprint density at radius 1 is 1.38 bits per heavy atom. The standard InChI is InChI=1S/C17H20N2O5/c1-10(2)9-19-13-8-12(18-15(20)6-7-16(21)22)4-5-14(13)24-11(3)17(19)23/h4-5,8,11H,1,6-7,9H2,2-3H3,(H,18,20)(H,21,22). The second-order valence-corrected chi connectivity index (χ2v) is 5.77. The molecule has 2 rings (SSSR count). The van der Waals surface area contributed by atoms with Gasteiger partial charge in [0.15, 0.2) is 6.10 Å². The molecule has 0 aliphatic carbocycles. The quantitative estimate of drug-likeness (QED) is 0.778. The topological polar surface area (TPSA) is 95.9 Å². The highest BCUT2D eigenvalue weighted by molar-refractivity contribution is 6.01. The molecule has 1 atom stereocenters. The lowest BCUT2D eigenvalue weighted by Crippen LogP contribution is -2.45. The summed E-state index contributed by atoms with van der Waals surface area (Å²) in [6.07, 6.45) is -0.945. The second-order valence-electron chi connectivity index (χ2n) is 5.77. The number of nitrogens with one attached hydrogen (secondary N) is 1. The summed E-state index contributed by atoms with van der Waals surface area (Å²) in [4.78, 5) is 36.2. The first kappa shape index (κ1) is 17.5. The zero-order valence-electron chi connectivity index (χ0n) is 13.7. The number of amides is 2. The van der Waals surface area contributed by atoms with E-state index in [0.29, 0.717) is 23.7 Å². The number of benzene rings is 1. The fourth-order valence-electron chi connectivity index (χ4n) is 2.36. The lowest BCUT2D eigenvalue weighted by molar-refractivity contribution is -0.138. The molecule has 128 valence electrons. The van der Waals surface area contributed by atoms with Crippen molar-refractivity contribution in [3.63, 3.8) is 0 Å². The van der Waals surface area contributed by atoms with Gasteiger partial charge < -0.3 is 20.1 Å². The van der Waals surface area contributed by atoms with E-state index in [0.717, 1.165) is 5.57 Å². The summed E-state index contributed by atoms with van der Waals surface area (Å²) < 4.78 is 5.58. The molecule has 0 saturated carbocycles. The number of anilines is 2. The highest BCUT2D eigenvalue weighted by Gasteiger charge is 2.31. The van der Waals surface area contributed by atoms with Gasteiger partial charge in [-0.3, -0.25) is 14.4 Å². The Balaban J connectivity index is 2.22. The number of nitrogens with zero attached hydrogens (tertiary/aromatic N) is 1. The number of aliphatic carboxylic acids is 1. The molecular weight excluding hydrogens is 312 g/mol. The van der Waals surface area contributed by atoms with Crippen molar-refractivity contribution >= 4 is 29.2 Å². The van der Waals surface area contributed by atoms with Crippen molar-refractivity contribution in [3.05, 3.63) is 30.4 Å². The van der Waals surface area contributed by atoms with Gasteiger partial charge in [0.1, 0.15) is 5.75 Å². The van der Waals surface area contributed by atoms with Gasteiger partial charge in [-0.2, -0.15) is 0 Å². The number of hydrogen-bond donors (Lipinski definition) is 2. The molecule has 1 unspecified atom stereocenters. The van der Waals surface area contributed by atoms with Crippen LogP contribution >= 0.6 is 0 Å². The minimum absolute atomic E-state index is 0.117. The van der Waals surface area contributed by atoms with E-state index < -0.39 is 18.0 Å². The summed E-state index contributed by atoms with van der Waals surface area (Å²) in [5.74, 6) is -1.07. The van der Waals surface area contributed by atoms with Crippen LogP contribution in [0.5, 0.6) is 5.75 Å². The molecule has 0 aromatic heterocycles. The van der Waals surface area contributed by atoms with E-state index in [1.807, 2.05) is 6.92 Å². The van der Waals surface area contributed by atoms with Crippen LogP contribution in [-0.4, -0.2) is 35.5 Å². The van der Waals surface area contributed by atoms with Crippen molar-refractivity contribution in [3.8, 4) is 5.75 Å². The minimum Gasteiger partial charge on any atom is -0.481 e. The fraction of sp³-hybridized carbons (Fsp3) is 0.353. The fourth-order valence-corrected chi connectivity index (χ4v) is 2.36. The van der Waals surface area contributed by atoms with Crippen LogP contribution < -0.4 is 15.0 Å². The van der Waals surface area contributed by atoms with Crippen LogP contribution in [0.15, 0.2) is 30.4 Å². The summed E-state index contributed by atoms with van der Waals surface area (Å²) in [6, 6.07) is 4.97. The molecule has 0 radical (unpaired) electrons. The average molecular weight is 332 g/mol. The summed E-state index contributed by atoms with van der Waals surface area (Å²) in [6.45, 7) is 7.69. The minimum atomic E-state index is -1.03. The molecule has 1 aromatic rings. The predicted molar refractivity (Wildman–Crippen MR) is 89.2 cm³/mol. The molecule has 7 nitrogen and oxygen atoms in total. The summed E-state index contributed by atoms with van der Waals surface area (Å²) in [7, 11) is 0. The smallest absolute Gasteiger partial charge is 0.303 e.